The Labute approximate surface area is 132 Å². The van der Waals surface area contributed by atoms with Crippen LogP contribution < -0.4 is 5.32 Å². The highest BCUT2D eigenvalue weighted by atomic mass is 19.1. The number of nitrogens with zero attached hydrogens (tertiary/aromatic N) is 2. The fraction of sp³-hybridized carbons (Fsp3) is 0.611. The van der Waals surface area contributed by atoms with Gasteiger partial charge in [0.25, 0.3) is 0 Å². The summed E-state index contributed by atoms with van der Waals surface area (Å²) >= 11 is 0. The highest BCUT2D eigenvalue weighted by molar-refractivity contribution is 5.82. The first-order valence-electron chi connectivity index (χ1n) is 8.03. The van der Waals surface area contributed by atoms with Crippen molar-refractivity contribution in [3.63, 3.8) is 0 Å². The minimum atomic E-state index is -0.0998. The van der Waals surface area contributed by atoms with E-state index in [-0.39, 0.29) is 28.7 Å². The van der Waals surface area contributed by atoms with E-state index >= 15 is 0 Å². The molecule has 2 fully saturated rings. The Morgan fingerprint density at radius 3 is 2.50 bits per heavy atom. The van der Waals surface area contributed by atoms with Crippen molar-refractivity contribution in [3.05, 3.63) is 35.6 Å². The lowest BCUT2D eigenvalue weighted by Gasteiger charge is -2.62. The monoisotopic (exact) mass is 303 g/mol. The predicted molar refractivity (Wildman–Crippen MR) is 88.6 cm³/mol. The highest BCUT2D eigenvalue weighted by Gasteiger charge is 2.54. The van der Waals surface area contributed by atoms with Gasteiger partial charge in [0.05, 0.1) is 0 Å². The van der Waals surface area contributed by atoms with E-state index in [0.717, 1.165) is 24.5 Å². The van der Waals surface area contributed by atoms with E-state index in [1.807, 2.05) is 19.2 Å². The van der Waals surface area contributed by atoms with E-state index in [1.165, 1.54) is 0 Å². The van der Waals surface area contributed by atoms with Crippen molar-refractivity contribution in [2.75, 3.05) is 13.6 Å². The van der Waals surface area contributed by atoms with Crippen LogP contribution in [-0.4, -0.2) is 36.0 Å². The van der Waals surface area contributed by atoms with Crippen molar-refractivity contribution in [1.29, 1.82) is 0 Å². The largest absolute Gasteiger partial charge is 0.353 e. The molecule has 1 saturated heterocycles. The van der Waals surface area contributed by atoms with E-state index in [4.69, 9.17) is 0 Å². The molecule has 3 nitrogen and oxygen atoms in total. The summed E-state index contributed by atoms with van der Waals surface area (Å²) in [6.07, 6.45) is 0.970. The number of rotatable bonds is 2. The molecule has 0 bridgehead atoms. The smallest absolute Gasteiger partial charge is 0.194 e. The number of halogens is 1. The van der Waals surface area contributed by atoms with Gasteiger partial charge in [0.1, 0.15) is 5.82 Å². The Balaban J connectivity index is 1.66. The van der Waals surface area contributed by atoms with Crippen molar-refractivity contribution < 1.29 is 4.39 Å². The maximum atomic E-state index is 13.9. The summed E-state index contributed by atoms with van der Waals surface area (Å²) in [5, 5.41) is 3.52. The van der Waals surface area contributed by atoms with Crippen LogP contribution in [0, 0.1) is 11.2 Å². The first kappa shape index (κ1) is 15.3. The summed E-state index contributed by atoms with van der Waals surface area (Å²) in [5.74, 6) is 1.10. The second-order valence-corrected chi connectivity index (χ2v) is 7.69. The van der Waals surface area contributed by atoms with E-state index in [0.29, 0.717) is 0 Å². The molecule has 2 unspecified atom stereocenters. The third-order valence-electron chi connectivity index (χ3n) is 5.76. The first-order valence-corrected chi connectivity index (χ1v) is 8.03. The molecule has 22 heavy (non-hydrogen) atoms. The maximum Gasteiger partial charge on any atom is 0.194 e. The van der Waals surface area contributed by atoms with Crippen LogP contribution in [0.3, 0.4) is 0 Å². The van der Waals surface area contributed by atoms with Crippen molar-refractivity contribution in [3.8, 4) is 0 Å². The number of nitrogens with one attached hydrogen (secondary N) is 1. The number of likely N-dealkylation sites (tertiary alicyclic amines) is 1. The summed E-state index contributed by atoms with van der Waals surface area (Å²) in [6, 6.07) is 7.37. The van der Waals surface area contributed by atoms with E-state index < -0.39 is 0 Å². The molecule has 1 aromatic rings. The van der Waals surface area contributed by atoms with Crippen molar-refractivity contribution in [1.82, 2.24) is 10.2 Å². The van der Waals surface area contributed by atoms with Crippen LogP contribution in [0.4, 0.5) is 4.39 Å². The van der Waals surface area contributed by atoms with E-state index in [2.05, 4.69) is 42.9 Å². The Hall–Kier alpha value is -1.58. The second-order valence-electron chi connectivity index (χ2n) is 7.69. The molecule has 1 N–H and O–H groups in total. The molecule has 0 radical (unpaired) electrons. The second kappa shape index (κ2) is 4.97. The zero-order chi connectivity index (χ0) is 16.1. The minimum Gasteiger partial charge on any atom is -0.353 e. The van der Waals surface area contributed by atoms with E-state index in [1.54, 1.807) is 12.1 Å². The molecule has 120 valence electrons. The number of aliphatic imine (C=N–C) groups is 1. The molecule has 0 spiro atoms. The molecule has 1 aliphatic heterocycles. The molecule has 1 aliphatic carbocycles. The summed E-state index contributed by atoms with van der Waals surface area (Å²) in [7, 11) is 1.82. The van der Waals surface area contributed by atoms with Gasteiger partial charge in [-0.2, -0.15) is 0 Å². The fourth-order valence-electron chi connectivity index (χ4n) is 3.30. The summed E-state index contributed by atoms with van der Waals surface area (Å²) < 4.78 is 13.9. The molecular weight excluding hydrogens is 277 g/mol. The lowest BCUT2D eigenvalue weighted by molar-refractivity contribution is -0.0668. The Morgan fingerprint density at radius 1 is 1.27 bits per heavy atom. The summed E-state index contributed by atoms with van der Waals surface area (Å²) in [4.78, 5) is 6.76. The number of guanidine groups is 1. The molecule has 1 heterocycles. The third kappa shape index (κ3) is 2.29. The number of hydrogen-bond acceptors (Lipinski definition) is 1. The maximum absolute atomic E-state index is 13.9. The van der Waals surface area contributed by atoms with Crippen LogP contribution >= 0.6 is 0 Å². The van der Waals surface area contributed by atoms with Crippen LogP contribution in [0.2, 0.25) is 0 Å². The van der Waals surface area contributed by atoms with Gasteiger partial charge < -0.3 is 10.2 Å². The van der Waals surface area contributed by atoms with Crippen LogP contribution in [0.5, 0.6) is 0 Å². The van der Waals surface area contributed by atoms with Gasteiger partial charge in [-0.3, -0.25) is 4.99 Å². The van der Waals surface area contributed by atoms with Gasteiger partial charge >= 0.3 is 0 Å². The van der Waals surface area contributed by atoms with Crippen LogP contribution in [0.15, 0.2) is 29.3 Å². The van der Waals surface area contributed by atoms with Gasteiger partial charge in [0, 0.05) is 36.5 Å². The summed E-state index contributed by atoms with van der Waals surface area (Å²) in [5.41, 5.74) is 1.18. The normalized spacial score (nSPS) is 29.0. The quantitative estimate of drug-likeness (QED) is 0.670. The van der Waals surface area contributed by atoms with Crippen molar-refractivity contribution in [2.45, 2.75) is 51.6 Å². The fourth-order valence-corrected chi connectivity index (χ4v) is 3.30. The lowest BCUT2D eigenvalue weighted by Crippen LogP contribution is -2.72. The molecule has 3 rings (SSSR count). The average Bonchev–Trinajstić information content (AvgIpc) is 3.22. The third-order valence-corrected chi connectivity index (χ3v) is 5.76. The van der Waals surface area contributed by atoms with Crippen LogP contribution in [-0.2, 0) is 0 Å². The van der Waals surface area contributed by atoms with Gasteiger partial charge in [0.15, 0.2) is 5.96 Å². The zero-order valence-electron chi connectivity index (χ0n) is 14.2. The predicted octanol–water partition coefficient (Wildman–Crippen LogP) is 3.38. The van der Waals surface area contributed by atoms with Crippen LogP contribution in [0.1, 0.15) is 45.6 Å². The summed E-state index contributed by atoms with van der Waals surface area (Å²) in [6.45, 7) is 10.1. The topological polar surface area (TPSA) is 27.6 Å². The molecule has 2 atom stereocenters. The van der Waals surface area contributed by atoms with Gasteiger partial charge in [-0.15, -0.1) is 0 Å². The Morgan fingerprint density at radius 2 is 1.95 bits per heavy atom. The van der Waals surface area contributed by atoms with Crippen LogP contribution in [0.25, 0.3) is 0 Å². The van der Waals surface area contributed by atoms with Gasteiger partial charge in [-0.1, -0.05) is 32.0 Å². The molecule has 1 aromatic carbocycles. The number of benzene rings is 1. The van der Waals surface area contributed by atoms with Gasteiger partial charge in [-0.25, -0.2) is 4.39 Å². The first-order chi connectivity index (χ1) is 10.3. The highest BCUT2D eigenvalue weighted by Crippen LogP contribution is 2.47. The van der Waals surface area contributed by atoms with Crippen molar-refractivity contribution >= 4 is 5.96 Å². The molecule has 4 heteroatoms. The SMILES string of the molecule is CN=C(NC1CC1c1ccccc1F)N1CC(C)(C)C1(C)C. The Bertz CT molecular complexity index is 606. The van der Waals surface area contributed by atoms with Gasteiger partial charge in [-0.05, 0) is 31.9 Å². The Kier molecular flexibility index (Phi) is 3.46. The van der Waals surface area contributed by atoms with E-state index in [9.17, 15) is 4.39 Å². The zero-order valence-corrected chi connectivity index (χ0v) is 14.2. The van der Waals surface area contributed by atoms with Crippen molar-refractivity contribution in [2.24, 2.45) is 10.4 Å². The number of hydrogen-bond donors (Lipinski definition) is 1. The molecule has 0 aromatic heterocycles. The molecule has 2 aliphatic rings. The average molecular weight is 303 g/mol. The van der Waals surface area contributed by atoms with Gasteiger partial charge in [0.2, 0.25) is 0 Å². The molecular formula is C18H26FN3. The standard InChI is InChI=1S/C18H26FN3/c1-17(2)11-22(18(17,3)4)16(20-5)21-15-10-13(15)12-8-6-7-9-14(12)19/h6-9,13,15H,10-11H2,1-5H3,(H,20,21). The lowest BCUT2D eigenvalue weighted by atomic mass is 9.65. The minimum absolute atomic E-state index is 0.0806. The molecule has 0 amide bonds. The molecule has 1 saturated carbocycles.